The molecule has 0 amide bonds. The van der Waals surface area contributed by atoms with E-state index in [1.165, 1.54) is 71.9 Å². The number of benzene rings is 8. The van der Waals surface area contributed by atoms with Gasteiger partial charge in [0.2, 0.25) is 0 Å². The van der Waals surface area contributed by atoms with Crippen LogP contribution < -0.4 is 4.90 Å². The Morgan fingerprint density at radius 1 is 0.415 bits per heavy atom. The van der Waals surface area contributed by atoms with Crippen LogP contribution in [-0.4, -0.2) is 4.57 Å². The van der Waals surface area contributed by atoms with E-state index in [2.05, 4.69) is 218 Å². The van der Waals surface area contributed by atoms with Gasteiger partial charge in [0.25, 0.3) is 0 Å². The van der Waals surface area contributed by atoms with Gasteiger partial charge in [-0.2, -0.15) is 0 Å². The zero-order valence-corrected chi connectivity index (χ0v) is 29.9. The van der Waals surface area contributed by atoms with Gasteiger partial charge in [0.1, 0.15) is 0 Å². The Kier molecular flexibility index (Phi) is 7.19. The highest BCUT2D eigenvalue weighted by Gasteiger charge is 2.36. The normalized spacial score (nSPS) is 12.9. The van der Waals surface area contributed by atoms with Gasteiger partial charge in [-0.05, 0) is 116 Å². The lowest BCUT2D eigenvalue weighted by molar-refractivity contribution is 0.660. The Hall–Kier alpha value is -6.64. The molecule has 0 unspecified atom stereocenters. The van der Waals surface area contributed by atoms with Gasteiger partial charge < -0.3 is 9.47 Å². The second-order valence-corrected chi connectivity index (χ2v) is 14.7. The molecular formula is C51H38N2. The molecule has 9 aromatic rings. The highest BCUT2D eigenvalue weighted by Crippen LogP contribution is 2.51. The molecule has 0 radical (unpaired) electrons. The summed E-state index contributed by atoms with van der Waals surface area (Å²) in [5.41, 5.74) is 15.8. The first-order valence-corrected chi connectivity index (χ1v) is 18.4. The quantitative estimate of drug-likeness (QED) is 0.170. The fourth-order valence-corrected chi connectivity index (χ4v) is 8.44. The monoisotopic (exact) mass is 678 g/mol. The molecule has 2 heteroatoms. The summed E-state index contributed by atoms with van der Waals surface area (Å²) in [5.74, 6) is 0. The maximum Gasteiger partial charge on any atom is 0.0534 e. The molecule has 0 atom stereocenters. The molecule has 0 saturated heterocycles. The van der Waals surface area contributed by atoms with Crippen molar-refractivity contribution in [3.05, 3.63) is 205 Å². The highest BCUT2D eigenvalue weighted by molar-refractivity contribution is 6.07. The molecule has 0 bridgehead atoms. The van der Waals surface area contributed by atoms with Crippen LogP contribution in [-0.2, 0) is 5.41 Å². The van der Waals surface area contributed by atoms with Crippen LogP contribution in [0.1, 0.15) is 25.0 Å². The molecule has 1 aliphatic carbocycles. The van der Waals surface area contributed by atoms with Crippen molar-refractivity contribution >= 4 is 38.7 Å². The number of hydrogen-bond acceptors (Lipinski definition) is 1. The van der Waals surface area contributed by atoms with Crippen molar-refractivity contribution in [2.45, 2.75) is 19.3 Å². The number of hydrogen-bond donors (Lipinski definition) is 0. The van der Waals surface area contributed by atoms with Gasteiger partial charge >= 0.3 is 0 Å². The Morgan fingerprint density at radius 2 is 0.943 bits per heavy atom. The lowest BCUT2D eigenvalue weighted by atomic mass is 9.82. The smallest absolute Gasteiger partial charge is 0.0534 e. The van der Waals surface area contributed by atoms with E-state index in [9.17, 15) is 0 Å². The van der Waals surface area contributed by atoms with Crippen molar-refractivity contribution in [2.24, 2.45) is 0 Å². The molecule has 2 nitrogen and oxygen atoms in total. The summed E-state index contributed by atoms with van der Waals surface area (Å²) >= 11 is 0. The Morgan fingerprint density at radius 3 is 1.58 bits per heavy atom. The molecule has 10 rings (SSSR count). The van der Waals surface area contributed by atoms with Crippen LogP contribution in [0.25, 0.3) is 60.7 Å². The zero-order chi connectivity index (χ0) is 35.5. The third-order valence-electron chi connectivity index (χ3n) is 11.2. The number of anilines is 3. The van der Waals surface area contributed by atoms with Crippen LogP contribution in [0.4, 0.5) is 17.1 Å². The molecule has 53 heavy (non-hydrogen) atoms. The van der Waals surface area contributed by atoms with Gasteiger partial charge in [-0.15, -0.1) is 0 Å². The van der Waals surface area contributed by atoms with E-state index in [4.69, 9.17) is 0 Å². The maximum absolute atomic E-state index is 2.42. The second-order valence-electron chi connectivity index (χ2n) is 14.7. The van der Waals surface area contributed by atoms with Crippen molar-refractivity contribution in [1.82, 2.24) is 4.57 Å². The van der Waals surface area contributed by atoms with Gasteiger partial charge in [-0.25, -0.2) is 0 Å². The van der Waals surface area contributed by atoms with Gasteiger partial charge in [0.05, 0.1) is 5.52 Å². The van der Waals surface area contributed by atoms with Crippen LogP contribution in [0.3, 0.4) is 0 Å². The number of fused-ring (bicyclic) bond motifs is 6. The molecule has 0 N–H and O–H groups in total. The first-order chi connectivity index (χ1) is 26.0. The molecule has 0 spiro atoms. The van der Waals surface area contributed by atoms with Crippen molar-refractivity contribution in [1.29, 1.82) is 0 Å². The fourth-order valence-electron chi connectivity index (χ4n) is 8.44. The minimum atomic E-state index is -0.188. The van der Waals surface area contributed by atoms with E-state index in [0.29, 0.717) is 0 Å². The van der Waals surface area contributed by atoms with Gasteiger partial charge in [0.15, 0.2) is 0 Å². The summed E-state index contributed by atoms with van der Waals surface area (Å²) in [6, 6.07) is 68.6. The molecule has 0 fully saturated rings. The molecule has 0 aliphatic heterocycles. The summed E-state index contributed by atoms with van der Waals surface area (Å²) in [5, 5.41) is 3.84. The molecule has 252 valence electrons. The Bertz CT molecular complexity index is 2690. The molecule has 1 aliphatic rings. The molecule has 1 aromatic heterocycles. The third-order valence-corrected chi connectivity index (χ3v) is 11.2. The van der Waals surface area contributed by atoms with Crippen LogP contribution >= 0.6 is 0 Å². The molecule has 1 heterocycles. The fraction of sp³-hybridized carbons (Fsp3) is 0.0588. The van der Waals surface area contributed by atoms with Gasteiger partial charge in [-0.1, -0.05) is 141 Å². The lowest BCUT2D eigenvalue weighted by Crippen LogP contribution is -2.17. The van der Waals surface area contributed by atoms with Crippen LogP contribution in [0.5, 0.6) is 0 Å². The average molecular weight is 679 g/mol. The number of nitrogens with zero attached hydrogens (tertiary/aromatic N) is 2. The van der Waals surface area contributed by atoms with Crippen molar-refractivity contribution in [2.75, 3.05) is 4.90 Å². The van der Waals surface area contributed by atoms with Crippen LogP contribution in [0.15, 0.2) is 194 Å². The summed E-state index contributed by atoms with van der Waals surface area (Å²) in [6.45, 7) is 4.75. The highest BCUT2D eigenvalue weighted by atomic mass is 15.1. The van der Waals surface area contributed by atoms with Crippen LogP contribution in [0, 0.1) is 0 Å². The lowest BCUT2D eigenvalue weighted by Gasteiger charge is -2.28. The first kappa shape index (κ1) is 31.1. The molecule has 8 aromatic carbocycles. The van der Waals surface area contributed by atoms with Gasteiger partial charge in [-0.3, -0.25) is 0 Å². The average Bonchev–Trinajstić information content (AvgIpc) is 3.75. The van der Waals surface area contributed by atoms with E-state index in [1.807, 2.05) is 0 Å². The summed E-state index contributed by atoms with van der Waals surface area (Å²) < 4.78 is 2.34. The van der Waals surface area contributed by atoms with Gasteiger partial charge in [0, 0.05) is 39.7 Å². The predicted molar refractivity (Wildman–Crippen MR) is 224 cm³/mol. The minimum Gasteiger partial charge on any atom is -0.317 e. The third kappa shape index (κ3) is 5.18. The molecular weight excluding hydrogens is 641 g/mol. The summed E-state index contributed by atoms with van der Waals surface area (Å²) in [4.78, 5) is 2.39. The number of aromatic nitrogens is 1. The van der Waals surface area contributed by atoms with E-state index < -0.39 is 0 Å². The zero-order valence-electron chi connectivity index (χ0n) is 29.9. The number of rotatable bonds is 6. The molecule has 0 saturated carbocycles. The standard InChI is InChI=1S/C51H38N2/c1-51(2)48-33-42(52-32-31-47-44-16-10-9-15-39(44)21-30-50(47)52)26-28-45(48)46-29-27-43(34-49(46)51)53(40-22-17-37(18-23-40)35-11-5-3-6-12-35)41-24-19-38(20-25-41)36-13-7-4-8-14-36/h3-34H,1-2H3. The maximum atomic E-state index is 2.42. The summed E-state index contributed by atoms with van der Waals surface area (Å²) in [6.07, 6.45) is 2.22. The first-order valence-electron chi connectivity index (χ1n) is 18.4. The van der Waals surface area contributed by atoms with Crippen molar-refractivity contribution < 1.29 is 0 Å². The predicted octanol–water partition coefficient (Wildman–Crippen LogP) is 13.9. The van der Waals surface area contributed by atoms with Crippen LogP contribution in [0.2, 0.25) is 0 Å². The SMILES string of the molecule is CC1(C)c2cc(N(c3ccc(-c4ccccc4)cc3)c3ccc(-c4ccccc4)cc3)ccc2-c2ccc(-n3ccc4c5ccccc5ccc43)cc21. The summed E-state index contributed by atoms with van der Waals surface area (Å²) in [7, 11) is 0. The second kappa shape index (κ2) is 12.3. The van der Waals surface area contributed by atoms with E-state index in [0.717, 1.165) is 17.1 Å². The van der Waals surface area contributed by atoms with E-state index >= 15 is 0 Å². The Labute approximate surface area is 310 Å². The van der Waals surface area contributed by atoms with E-state index in [-0.39, 0.29) is 5.41 Å². The Balaban J connectivity index is 1.05. The topological polar surface area (TPSA) is 8.17 Å². The van der Waals surface area contributed by atoms with E-state index in [1.54, 1.807) is 0 Å². The van der Waals surface area contributed by atoms with Crippen molar-refractivity contribution in [3.8, 4) is 39.1 Å². The van der Waals surface area contributed by atoms with Crippen molar-refractivity contribution in [3.63, 3.8) is 0 Å². The largest absolute Gasteiger partial charge is 0.317 e. The minimum absolute atomic E-state index is 0.188.